The van der Waals surface area contributed by atoms with Gasteiger partial charge in [0, 0.05) is 23.3 Å². The van der Waals surface area contributed by atoms with Gasteiger partial charge < -0.3 is 14.2 Å². The third-order valence-corrected chi connectivity index (χ3v) is 5.51. The Balaban J connectivity index is 1.40. The third-order valence-electron chi connectivity index (χ3n) is 5.18. The number of carbonyl (C=O) groups excluding carboxylic acids is 1. The highest BCUT2D eigenvalue weighted by molar-refractivity contribution is 6.34. The Labute approximate surface area is 197 Å². The van der Waals surface area contributed by atoms with Gasteiger partial charge in [0.05, 0.1) is 15.6 Å². The Morgan fingerprint density at radius 3 is 2.68 bits per heavy atom. The van der Waals surface area contributed by atoms with E-state index in [1.54, 1.807) is 36.4 Å². The molecule has 168 valence electrons. The Morgan fingerprint density at radius 2 is 1.85 bits per heavy atom. The number of rotatable bonds is 5. The van der Waals surface area contributed by atoms with Crippen LogP contribution >= 0.6 is 11.6 Å². The smallest absolute Gasteiger partial charge is 0.291 e. The number of anilines is 1. The van der Waals surface area contributed by atoms with Crippen LogP contribution in [0.1, 0.15) is 16.1 Å². The number of halogens is 1. The number of hydrogen-bond donors (Lipinski definition) is 1. The van der Waals surface area contributed by atoms with Crippen LogP contribution in [-0.4, -0.2) is 15.8 Å². The summed E-state index contributed by atoms with van der Waals surface area (Å²) in [5.41, 5.74) is 3.88. The summed E-state index contributed by atoms with van der Waals surface area (Å²) < 4.78 is 11.5. The number of carbonyl (C=O) groups is 1. The van der Waals surface area contributed by atoms with E-state index in [0.717, 1.165) is 11.1 Å². The first-order valence-corrected chi connectivity index (χ1v) is 10.6. The van der Waals surface area contributed by atoms with E-state index in [-0.39, 0.29) is 11.4 Å². The maximum absolute atomic E-state index is 12.8. The fourth-order valence-corrected chi connectivity index (χ4v) is 3.65. The molecule has 5 rings (SSSR count). The standard InChI is InChI=1S/C25H16ClN3O5/c1-14-5-8-22-20(11-14)28-25(34-22)16-6-7-18(26)19(13-16)27-24(30)23-10-9-21(33-23)15-3-2-4-17(12-15)29(31)32/h2-13H,1H3,(H,27,30). The van der Waals surface area contributed by atoms with Gasteiger partial charge in [0.2, 0.25) is 5.89 Å². The number of furan rings is 1. The number of nitrogens with one attached hydrogen (secondary N) is 1. The van der Waals surface area contributed by atoms with Crippen LogP contribution in [0.2, 0.25) is 5.02 Å². The Bertz CT molecular complexity index is 1570. The summed E-state index contributed by atoms with van der Waals surface area (Å²) in [4.78, 5) is 27.8. The number of aryl methyl sites for hydroxylation is 1. The molecule has 0 aliphatic heterocycles. The fourth-order valence-electron chi connectivity index (χ4n) is 3.49. The topological polar surface area (TPSA) is 111 Å². The third kappa shape index (κ3) is 4.14. The summed E-state index contributed by atoms with van der Waals surface area (Å²) in [7, 11) is 0. The monoisotopic (exact) mass is 473 g/mol. The van der Waals surface area contributed by atoms with Crippen molar-refractivity contribution in [2.45, 2.75) is 6.92 Å². The normalized spacial score (nSPS) is 11.0. The largest absolute Gasteiger partial charge is 0.451 e. The van der Waals surface area contributed by atoms with E-state index in [9.17, 15) is 14.9 Å². The fraction of sp³-hybridized carbons (Fsp3) is 0.0400. The maximum atomic E-state index is 12.8. The first-order valence-electron chi connectivity index (χ1n) is 10.2. The summed E-state index contributed by atoms with van der Waals surface area (Å²) in [6.45, 7) is 1.98. The average molecular weight is 474 g/mol. The van der Waals surface area contributed by atoms with Crippen molar-refractivity contribution < 1.29 is 18.6 Å². The molecule has 0 bridgehead atoms. The minimum atomic E-state index is -0.524. The number of nitro benzene ring substituents is 1. The summed E-state index contributed by atoms with van der Waals surface area (Å²) in [5.74, 6) is 0.235. The lowest BCUT2D eigenvalue weighted by Crippen LogP contribution is -2.11. The first kappa shape index (κ1) is 21.4. The molecule has 1 N–H and O–H groups in total. The van der Waals surface area contributed by atoms with Crippen molar-refractivity contribution >= 4 is 40.0 Å². The first-order chi connectivity index (χ1) is 16.4. The highest BCUT2D eigenvalue weighted by atomic mass is 35.5. The van der Waals surface area contributed by atoms with Gasteiger partial charge in [-0.25, -0.2) is 4.98 Å². The second-order valence-electron chi connectivity index (χ2n) is 7.61. The molecular formula is C25H16ClN3O5. The zero-order valence-corrected chi connectivity index (χ0v) is 18.5. The van der Waals surface area contributed by atoms with Crippen LogP contribution in [0.3, 0.4) is 0 Å². The predicted octanol–water partition coefficient (Wildman–Crippen LogP) is 6.88. The van der Waals surface area contributed by atoms with E-state index in [4.69, 9.17) is 20.4 Å². The summed E-state index contributed by atoms with van der Waals surface area (Å²) in [6, 6.07) is 19.8. The van der Waals surface area contributed by atoms with Crippen molar-refractivity contribution in [3.05, 3.63) is 99.3 Å². The van der Waals surface area contributed by atoms with Crippen LogP contribution in [0, 0.1) is 17.0 Å². The van der Waals surface area contributed by atoms with E-state index in [1.807, 2.05) is 25.1 Å². The number of benzene rings is 3. The van der Waals surface area contributed by atoms with Gasteiger partial charge in [0.1, 0.15) is 11.3 Å². The van der Waals surface area contributed by atoms with Gasteiger partial charge in [-0.1, -0.05) is 29.8 Å². The molecule has 2 aromatic heterocycles. The molecule has 0 aliphatic carbocycles. The second kappa shape index (κ2) is 8.49. The molecule has 0 saturated heterocycles. The molecular weight excluding hydrogens is 458 g/mol. The van der Waals surface area contributed by atoms with Crippen molar-refractivity contribution in [1.82, 2.24) is 4.98 Å². The number of non-ortho nitro benzene ring substituents is 1. The molecule has 1 amide bonds. The molecule has 34 heavy (non-hydrogen) atoms. The van der Waals surface area contributed by atoms with Crippen molar-refractivity contribution in [3.63, 3.8) is 0 Å². The van der Waals surface area contributed by atoms with Crippen LogP contribution < -0.4 is 5.32 Å². The Hall–Kier alpha value is -4.43. The quantitative estimate of drug-likeness (QED) is 0.220. The summed E-state index contributed by atoms with van der Waals surface area (Å²) in [5, 5.41) is 14.1. The zero-order chi connectivity index (χ0) is 23.8. The highest BCUT2D eigenvalue weighted by Crippen LogP contribution is 2.32. The molecule has 0 fully saturated rings. The predicted molar refractivity (Wildman–Crippen MR) is 128 cm³/mol. The number of nitrogens with zero attached hydrogens (tertiary/aromatic N) is 2. The minimum absolute atomic E-state index is 0.0281. The van der Waals surface area contributed by atoms with E-state index in [2.05, 4.69) is 10.3 Å². The van der Waals surface area contributed by atoms with Gasteiger partial charge in [-0.3, -0.25) is 14.9 Å². The molecule has 0 spiro atoms. The van der Waals surface area contributed by atoms with Gasteiger partial charge in [-0.15, -0.1) is 0 Å². The molecule has 0 radical (unpaired) electrons. The molecule has 0 atom stereocenters. The highest BCUT2D eigenvalue weighted by Gasteiger charge is 2.17. The van der Waals surface area contributed by atoms with Crippen LogP contribution in [0.4, 0.5) is 11.4 Å². The van der Waals surface area contributed by atoms with Crippen molar-refractivity contribution in [3.8, 4) is 22.8 Å². The molecule has 0 saturated carbocycles. The van der Waals surface area contributed by atoms with Crippen LogP contribution in [0.15, 0.2) is 81.6 Å². The van der Waals surface area contributed by atoms with E-state index in [0.29, 0.717) is 39.1 Å². The number of nitro groups is 1. The molecule has 3 aromatic carbocycles. The van der Waals surface area contributed by atoms with Gasteiger partial charge in [0.25, 0.3) is 11.6 Å². The second-order valence-corrected chi connectivity index (χ2v) is 8.02. The zero-order valence-electron chi connectivity index (χ0n) is 17.7. The minimum Gasteiger partial charge on any atom is -0.451 e. The van der Waals surface area contributed by atoms with Crippen LogP contribution in [0.25, 0.3) is 33.9 Å². The summed E-state index contributed by atoms with van der Waals surface area (Å²) >= 11 is 6.30. The lowest BCUT2D eigenvalue weighted by molar-refractivity contribution is -0.384. The molecule has 0 aliphatic rings. The number of fused-ring (bicyclic) bond motifs is 1. The van der Waals surface area contributed by atoms with Gasteiger partial charge >= 0.3 is 0 Å². The SMILES string of the molecule is Cc1ccc2oc(-c3ccc(Cl)c(NC(=O)c4ccc(-c5cccc([N+](=O)[O-])c5)o4)c3)nc2c1. The van der Waals surface area contributed by atoms with Gasteiger partial charge in [0.15, 0.2) is 11.3 Å². The van der Waals surface area contributed by atoms with Gasteiger partial charge in [-0.05, 0) is 55.0 Å². The molecule has 0 unspecified atom stereocenters. The summed E-state index contributed by atoms with van der Waals surface area (Å²) in [6.07, 6.45) is 0. The van der Waals surface area contributed by atoms with Gasteiger partial charge in [-0.2, -0.15) is 0 Å². The lowest BCUT2D eigenvalue weighted by atomic mass is 10.1. The van der Waals surface area contributed by atoms with Crippen molar-refractivity contribution in [2.24, 2.45) is 0 Å². The maximum Gasteiger partial charge on any atom is 0.291 e. The number of hydrogen-bond acceptors (Lipinski definition) is 6. The Kier molecular flexibility index (Phi) is 5.35. The van der Waals surface area contributed by atoms with E-state index in [1.165, 1.54) is 18.2 Å². The molecule has 5 aromatic rings. The number of aromatic nitrogens is 1. The molecule has 9 heteroatoms. The average Bonchev–Trinajstić information content (AvgIpc) is 3.48. The van der Waals surface area contributed by atoms with Crippen LogP contribution in [0.5, 0.6) is 0 Å². The molecule has 2 heterocycles. The van der Waals surface area contributed by atoms with E-state index >= 15 is 0 Å². The van der Waals surface area contributed by atoms with E-state index < -0.39 is 10.8 Å². The molecule has 8 nitrogen and oxygen atoms in total. The Morgan fingerprint density at radius 1 is 1.00 bits per heavy atom. The number of oxazole rings is 1. The lowest BCUT2D eigenvalue weighted by Gasteiger charge is -2.07. The van der Waals surface area contributed by atoms with Crippen molar-refractivity contribution in [2.75, 3.05) is 5.32 Å². The number of amides is 1. The van der Waals surface area contributed by atoms with Crippen molar-refractivity contribution in [1.29, 1.82) is 0 Å². The van der Waals surface area contributed by atoms with Crippen LogP contribution in [-0.2, 0) is 0 Å².